The van der Waals surface area contributed by atoms with E-state index < -0.39 is 0 Å². The van der Waals surface area contributed by atoms with Crippen LogP contribution in [0.1, 0.15) is 32.3 Å². The zero-order valence-corrected chi connectivity index (χ0v) is 11.3. The molecule has 2 rings (SSSR count). The van der Waals surface area contributed by atoms with E-state index in [1.54, 1.807) is 0 Å². The monoisotopic (exact) mass is 235 g/mol. The van der Waals surface area contributed by atoms with Crippen molar-refractivity contribution in [1.29, 1.82) is 0 Å². The topological polar surface area (TPSA) is 12.4 Å². The molecule has 1 nitrogen and oxygen atoms in total. The Morgan fingerprint density at radius 1 is 1.06 bits per heavy atom. The minimum atomic E-state index is 0.276. The Balaban J connectivity index is 2.06. The van der Waals surface area contributed by atoms with Gasteiger partial charge in [0.25, 0.3) is 0 Å². The van der Waals surface area contributed by atoms with Gasteiger partial charge in [-0.05, 0) is 37.3 Å². The number of hydrogen-bond donors (Lipinski definition) is 0. The molecule has 16 heavy (non-hydrogen) atoms. The van der Waals surface area contributed by atoms with Crippen LogP contribution in [0.5, 0.6) is 0 Å². The molecule has 0 aromatic heterocycles. The van der Waals surface area contributed by atoms with Gasteiger partial charge in [0.1, 0.15) is 0 Å². The predicted octanol–water partition coefficient (Wildman–Crippen LogP) is 4.25. The van der Waals surface area contributed by atoms with Gasteiger partial charge in [-0.1, -0.05) is 42.2 Å². The molecule has 1 heterocycles. The number of hydrogen-bond acceptors (Lipinski definition) is 1. The molecule has 0 radical (unpaired) electrons. The van der Waals surface area contributed by atoms with Crippen LogP contribution in [0, 0.1) is 12.3 Å². The van der Waals surface area contributed by atoms with Crippen molar-refractivity contribution in [3.8, 4) is 0 Å². The minimum Gasteiger partial charge on any atom is -0.228 e. The number of benzene rings is 1. The predicted molar refractivity (Wildman–Crippen MR) is 73.4 cm³/mol. The molecule has 1 saturated heterocycles. The van der Waals surface area contributed by atoms with E-state index in [1.807, 2.05) is 0 Å². The molecule has 1 aromatic rings. The summed E-state index contributed by atoms with van der Waals surface area (Å²) in [4.78, 5) is 0. The summed E-state index contributed by atoms with van der Waals surface area (Å²) < 4.78 is 4.85. The van der Waals surface area contributed by atoms with Crippen molar-refractivity contribution < 1.29 is 0 Å². The second-order valence-electron chi connectivity index (χ2n) is 5.46. The third-order valence-corrected chi connectivity index (χ3v) is 5.12. The maximum absolute atomic E-state index is 4.85. The summed E-state index contributed by atoms with van der Waals surface area (Å²) >= 11 is 0. The van der Waals surface area contributed by atoms with Gasteiger partial charge in [0.05, 0.1) is 5.69 Å². The van der Waals surface area contributed by atoms with Crippen molar-refractivity contribution in [3.63, 3.8) is 0 Å². The fraction of sp³-hybridized carbons (Fsp3) is 0.571. The first-order chi connectivity index (χ1) is 7.55. The molecule has 0 N–H and O–H groups in total. The van der Waals surface area contributed by atoms with Gasteiger partial charge >= 0.3 is 0 Å². The summed E-state index contributed by atoms with van der Waals surface area (Å²) in [5.74, 6) is 2.56. The summed E-state index contributed by atoms with van der Waals surface area (Å²) in [6.07, 6.45) is 2.65. The molecular weight excluding hydrogens is 214 g/mol. The number of nitrogens with zero attached hydrogens (tertiary/aromatic N) is 1. The number of aryl methyl sites for hydroxylation is 1. The molecule has 1 fully saturated rings. The molecule has 0 bridgehead atoms. The summed E-state index contributed by atoms with van der Waals surface area (Å²) in [5, 5.41) is 0. The van der Waals surface area contributed by atoms with Crippen LogP contribution in [0.3, 0.4) is 0 Å². The molecule has 1 aromatic carbocycles. The van der Waals surface area contributed by atoms with Crippen LogP contribution in [0.4, 0.5) is 5.69 Å². The lowest BCUT2D eigenvalue weighted by Gasteiger charge is -2.30. The molecule has 1 aliphatic rings. The van der Waals surface area contributed by atoms with E-state index in [-0.39, 0.29) is 10.7 Å². The highest BCUT2D eigenvalue weighted by molar-refractivity contribution is 7.87. The van der Waals surface area contributed by atoms with Crippen molar-refractivity contribution in [2.45, 2.75) is 33.6 Å². The van der Waals surface area contributed by atoms with Crippen molar-refractivity contribution >= 4 is 16.4 Å². The van der Waals surface area contributed by atoms with Crippen LogP contribution in [0.15, 0.2) is 28.6 Å². The standard InChI is InChI=1S/C14H21NS/c1-12-4-6-13(7-5-12)15-16-10-8-14(2,3)9-11-16/h4-7H,8-11H2,1-3H3. The highest BCUT2D eigenvalue weighted by Gasteiger charge is 2.23. The highest BCUT2D eigenvalue weighted by atomic mass is 32.2. The van der Waals surface area contributed by atoms with Crippen molar-refractivity contribution in [1.82, 2.24) is 0 Å². The van der Waals surface area contributed by atoms with Crippen LogP contribution < -0.4 is 0 Å². The SMILES string of the molecule is Cc1ccc(N=S2CCC(C)(C)CC2)cc1. The molecule has 0 atom stereocenters. The lowest BCUT2D eigenvalue weighted by atomic mass is 9.87. The third-order valence-electron chi connectivity index (χ3n) is 3.30. The first-order valence-corrected chi connectivity index (χ1v) is 7.53. The maximum Gasteiger partial charge on any atom is 0.0703 e. The molecule has 2 heteroatoms. The summed E-state index contributed by atoms with van der Waals surface area (Å²) in [6, 6.07) is 8.58. The molecule has 0 spiro atoms. The van der Waals surface area contributed by atoms with Crippen LogP contribution in [-0.2, 0) is 10.7 Å². The first-order valence-electron chi connectivity index (χ1n) is 6.01. The number of rotatable bonds is 1. The van der Waals surface area contributed by atoms with Gasteiger partial charge in [-0.3, -0.25) is 0 Å². The van der Waals surface area contributed by atoms with Crippen LogP contribution in [0.25, 0.3) is 0 Å². The third kappa shape index (κ3) is 3.18. The Morgan fingerprint density at radius 3 is 2.19 bits per heavy atom. The maximum atomic E-state index is 4.85. The van der Waals surface area contributed by atoms with Gasteiger partial charge in [0.15, 0.2) is 0 Å². The van der Waals surface area contributed by atoms with Crippen molar-refractivity contribution in [3.05, 3.63) is 29.8 Å². The van der Waals surface area contributed by atoms with Crippen molar-refractivity contribution in [2.75, 3.05) is 11.5 Å². The zero-order valence-electron chi connectivity index (χ0n) is 10.5. The molecule has 0 amide bonds. The van der Waals surface area contributed by atoms with Crippen LogP contribution in [0.2, 0.25) is 0 Å². The minimum absolute atomic E-state index is 0.276. The van der Waals surface area contributed by atoms with Gasteiger partial charge < -0.3 is 0 Å². The second kappa shape index (κ2) is 4.70. The Labute approximate surface area is 101 Å². The average Bonchev–Trinajstić information content (AvgIpc) is 2.24. The molecular formula is C14H21NS. The lowest BCUT2D eigenvalue weighted by Crippen LogP contribution is -2.24. The molecule has 88 valence electrons. The average molecular weight is 235 g/mol. The van der Waals surface area contributed by atoms with E-state index in [4.69, 9.17) is 4.36 Å². The van der Waals surface area contributed by atoms with E-state index in [0.29, 0.717) is 5.41 Å². The van der Waals surface area contributed by atoms with Gasteiger partial charge in [-0.15, -0.1) is 0 Å². The van der Waals surface area contributed by atoms with E-state index in [9.17, 15) is 0 Å². The Morgan fingerprint density at radius 2 is 1.62 bits per heavy atom. The van der Waals surface area contributed by atoms with Crippen molar-refractivity contribution in [2.24, 2.45) is 9.78 Å². The fourth-order valence-electron chi connectivity index (χ4n) is 1.86. The second-order valence-corrected chi connectivity index (χ2v) is 7.39. The first kappa shape index (κ1) is 11.8. The quantitative estimate of drug-likeness (QED) is 0.690. The summed E-state index contributed by atoms with van der Waals surface area (Å²) in [6.45, 7) is 6.87. The Hall–Kier alpha value is -0.630. The normalized spacial score (nSPS) is 20.7. The van der Waals surface area contributed by atoms with Gasteiger partial charge in [0, 0.05) is 11.5 Å². The van der Waals surface area contributed by atoms with E-state index in [2.05, 4.69) is 45.0 Å². The molecule has 0 saturated carbocycles. The van der Waals surface area contributed by atoms with Gasteiger partial charge in [0.2, 0.25) is 0 Å². The highest BCUT2D eigenvalue weighted by Crippen LogP contribution is 2.31. The van der Waals surface area contributed by atoms with Crippen LogP contribution in [-0.4, -0.2) is 11.5 Å². The lowest BCUT2D eigenvalue weighted by molar-refractivity contribution is 0.335. The summed E-state index contributed by atoms with van der Waals surface area (Å²) in [5.41, 5.74) is 3.02. The van der Waals surface area contributed by atoms with E-state index in [1.165, 1.54) is 29.9 Å². The Kier molecular flexibility index (Phi) is 3.48. The van der Waals surface area contributed by atoms with E-state index in [0.717, 1.165) is 5.69 Å². The zero-order chi connectivity index (χ0) is 11.6. The van der Waals surface area contributed by atoms with E-state index >= 15 is 0 Å². The van der Waals surface area contributed by atoms with Gasteiger partial charge in [-0.2, -0.15) is 0 Å². The molecule has 0 unspecified atom stereocenters. The Bertz CT molecular complexity index is 378. The van der Waals surface area contributed by atoms with Crippen LogP contribution >= 0.6 is 0 Å². The molecule has 1 aliphatic heterocycles. The molecule has 0 aliphatic carbocycles. The fourth-order valence-corrected chi connectivity index (χ4v) is 4.24. The summed E-state index contributed by atoms with van der Waals surface area (Å²) in [7, 11) is 0.276. The largest absolute Gasteiger partial charge is 0.228 e. The smallest absolute Gasteiger partial charge is 0.0703 e. The van der Waals surface area contributed by atoms with Gasteiger partial charge in [-0.25, -0.2) is 4.36 Å².